The molecule has 0 aliphatic rings. The van der Waals surface area contributed by atoms with E-state index in [-0.39, 0.29) is 0 Å². The summed E-state index contributed by atoms with van der Waals surface area (Å²) in [5.74, 6) is -0.753. The Morgan fingerprint density at radius 3 is 2.27 bits per heavy atom. The van der Waals surface area contributed by atoms with Crippen molar-refractivity contribution in [2.45, 2.75) is 20.3 Å². The van der Waals surface area contributed by atoms with E-state index < -0.39 is 24.2 Å². The minimum atomic E-state index is -0.682. The largest absolute Gasteiger partial charge is 0.493 e. The van der Waals surface area contributed by atoms with Gasteiger partial charge in [0.1, 0.15) is 12.2 Å². The Bertz CT molecular complexity index is 525. The quantitative estimate of drug-likeness (QED) is 0.465. The van der Waals surface area contributed by atoms with E-state index in [2.05, 4.69) is 15.6 Å². The lowest BCUT2D eigenvalue weighted by Gasteiger charge is -2.10. The molecule has 1 aromatic rings. The van der Waals surface area contributed by atoms with Crippen LogP contribution in [0.15, 0.2) is 24.3 Å². The molecule has 0 fully saturated rings. The van der Waals surface area contributed by atoms with Crippen molar-refractivity contribution in [2.75, 3.05) is 13.7 Å². The van der Waals surface area contributed by atoms with Crippen molar-refractivity contribution in [3.05, 3.63) is 29.8 Å². The lowest BCUT2D eigenvalue weighted by atomic mass is 10.2. The minimum absolute atomic E-state index is 0.357. The molecule has 7 heteroatoms. The lowest BCUT2D eigenvalue weighted by molar-refractivity contribution is -0.144. The summed E-state index contributed by atoms with van der Waals surface area (Å²) in [7, 11) is 1.18. The van der Waals surface area contributed by atoms with Gasteiger partial charge in [-0.1, -0.05) is 13.8 Å². The maximum absolute atomic E-state index is 11.8. The number of carbonyl (C=O) groups excluding carboxylic acids is 3. The normalized spacial score (nSPS) is 10.0. The molecule has 0 saturated carbocycles. The number of hydrogen-bond acceptors (Lipinski definition) is 5. The highest BCUT2D eigenvalue weighted by atomic mass is 16.5. The van der Waals surface area contributed by atoms with Gasteiger partial charge < -0.3 is 9.47 Å². The molecule has 0 aliphatic carbocycles. The van der Waals surface area contributed by atoms with Crippen LogP contribution in [-0.2, 0) is 14.3 Å². The van der Waals surface area contributed by atoms with E-state index in [9.17, 15) is 14.4 Å². The number of esters is 1. The summed E-state index contributed by atoms with van der Waals surface area (Å²) < 4.78 is 9.84. The molecule has 0 radical (unpaired) electrons. The van der Waals surface area contributed by atoms with Crippen LogP contribution in [0.25, 0.3) is 0 Å². The van der Waals surface area contributed by atoms with E-state index in [0.29, 0.717) is 23.8 Å². The van der Waals surface area contributed by atoms with Crippen LogP contribution in [-0.4, -0.2) is 31.5 Å². The first-order valence-corrected chi connectivity index (χ1v) is 6.81. The number of hydrazine groups is 1. The molecule has 0 atom stereocenters. The van der Waals surface area contributed by atoms with Gasteiger partial charge in [-0.15, -0.1) is 0 Å². The fourth-order valence-corrected chi connectivity index (χ4v) is 1.41. The number of rotatable bonds is 6. The van der Waals surface area contributed by atoms with Crippen molar-refractivity contribution >= 4 is 17.8 Å². The summed E-state index contributed by atoms with van der Waals surface area (Å²) in [6.07, 6.45) is -0.460. The minimum Gasteiger partial charge on any atom is -0.493 e. The molecule has 1 rings (SSSR count). The maximum Gasteiger partial charge on any atom is 0.315 e. The maximum atomic E-state index is 11.8. The highest BCUT2D eigenvalue weighted by Gasteiger charge is 2.11. The third kappa shape index (κ3) is 6.25. The van der Waals surface area contributed by atoms with Crippen molar-refractivity contribution in [2.24, 2.45) is 5.92 Å². The Hall–Kier alpha value is -2.57. The average Bonchev–Trinajstić information content (AvgIpc) is 2.50. The van der Waals surface area contributed by atoms with Gasteiger partial charge in [-0.2, -0.15) is 0 Å². The van der Waals surface area contributed by atoms with Crippen molar-refractivity contribution in [3.63, 3.8) is 0 Å². The van der Waals surface area contributed by atoms with E-state index in [1.165, 1.54) is 7.11 Å². The first-order chi connectivity index (χ1) is 10.4. The van der Waals surface area contributed by atoms with E-state index in [1.54, 1.807) is 24.3 Å². The van der Waals surface area contributed by atoms with Gasteiger partial charge in [0.2, 0.25) is 5.91 Å². The summed E-state index contributed by atoms with van der Waals surface area (Å²) in [6, 6.07) is 6.51. The van der Waals surface area contributed by atoms with Crippen LogP contribution in [0.1, 0.15) is 30.6 Å². The topological polar surface area (TPSA) is 93.7 Å². The molecule has 2 amide bonds. The van der Waals surface area contributed by atoms with E-state index in [4.69, 9.17) is 4.74 Å². The fraction of sp³-hybridized carbons (Fsp3) is 0.400. The van der Waals surface area contributed by atoms with Gasteiger partial charge in [0.25, 0.3) is 5.91 Å². The summed E-state index contributed by atoms with van der Waals surface area (Å²) in [5.41, 5.74) is 4.70. The van der Waals surface area contributed by atoms with Gasteiger partial charge in [0, 0.05) is 5.56 Å². The Kier molecular flexibility index (Phi) is 6.88. The SMILES string of the molecule is COC(=O)CC(=O)NNC(=O)c1ccc(OCC(C)C)cc1. The number of ether oxygens (including phenoxy) is 2. The fourth-order valence-electron chi connectivity index (χ4n) is 1.41. The van der Waals surface area contributed by atoms with E-state index >= 15 is 0 Å². The average molecular weight is 308 g/mol. The highest BCUT2D eigenvalue weighted by molar-refractivity contribution is 5.98. The van der Waals surface area contributed by atoms with Gasteiger partial charge in [-0.05, 0) is 30.2 Å². The number of amides is 2. The molecule has 0 bridgehead atoms. The molecular formula is C15H20N2O5. The summed E-state index contributed by atoms with van der Waals surface area (Å²) >= 11 is 0. The molecule has 7 nitrogen and oxygen atoms in total. The highest BCUT2D eigenvalue weighted by Crippen LogP contribution is 2.13. The van der Waals surface area contributed by atoms with Crippen LogP contribution in [0.5, 0.6) is 5.75 Å². The van der Waals surface area contributed by atoms with Gasteiger partial charge in [-0.3, -0.25) is 25.2 Å². The Morgan fingerprint density at radius 2 is 1.73 bits per heavy atom. The number of hydrogen-bond donors (Lipinski definition) is 2. The molecule has 0 aliphatic heterocycles. The Labute approximate surface area is 128 Å². The van der Waals surface area contributed by atoms with Crippen LogP contribution in [0.3, 0.4) is 0 Å². The monoisotopic (exact) mass is 308 g/mol. The van der Waals surface area contributed by atoms with E-state index in [0.717, 1.165) is 0 Å². The van der Waals surface area contributed by atoms with E-state index in [1.807, 2.05) is 13.8 Å². The third-order valence-electron chi connectivity index (χ3n) is 2.55. The first-order valence-electron chi connectivity index (χ1n) is 6.81. The molecule has 120 valence electrons. The van der Waals surface area contributed by atoms with Crippen LogP contribution in [0.2, 0.25) is 0 Å². The Balaban J connectivity index is 2.45. The lowest BCUT2D eigenvalue weighted by Crippen LogP contribution is -2.42. The molecule has 0 unspecified atom stereocenters. The second kappa shape index (κ2) is 8.66. The van der Waals surface area contributed by atoms with Crippen LogP contribution >= 0.6 is 0 Å². The van der Waals surface area contributed by atoms with Crippen molar-refractivity contribution in [3.8, 4) is 5.75 Å². The molecule has 2 N–H and O–H groups in total. The number of nitrogens with one attached hydrogen (secondary N) is 2. The van der Waals surface area contributed by atoms with Crippen molar-refractivity contribution in [1.82, 2.24) is 10.9 Å². The zero-order valence-corrected chi connectivity index (χ0v) is 12.8. The predicted molar refractivity (Wildman–Crippen MR) is 79.0 cm³/mol. The third-order valence-corrected chi connectivity index (χ3v) is 2.55. The molecule has 0 saturated heterocycles. The summed E-state index contributed by atoms with van der Waals surface area (Å²) in [6.45, 7) is 4.67. The van der Waals surface area contributed by atoms with Crippen molar-refractivity contribution < 1.29 is 23.9 Å². The first kappa shape index (κ1) is 17.5. The van der Waals surface area contributed by atoms with Crippen molar-refractivity contribution in [1.29, 1.82) is 0 Å². The Morgan fingerprint density at radius 1 is 1.09 bits per heavy atom. The number of benzene rings is 1. The zero-order valence-electron chi connectivity index (χ0n) is 12.8. The van der Waals surface area contributed by atoms with Crippen LogP contribution in [0, 0.1) is 5.92 Å². The van der Waals surface area contributed by atoms with Gasteiger partial charge in [0.15, 0.2) is 0 Å². The molecule has 0 aromatic heterocycles. The summed E-state index contributed by atoms with van der Waals surface area (Å²) in [5, 5.41) is 0. The summed E-state index contributed by atoms with van der Waals surface area (Å²) in [4.78, 5) is 34.0. The van der Waals surface area contributed by atoms with Gasteiger partial charge >= 0.3 is 5.97 Å². The second-order valence-corrected chi connectivity index (χ2v) is 4.98. The zero-order chi connectivity index (χ0) is 16.5. The number of carbonyl (C=O) groups is 3. The standard InChI is InChI=1S/C15H20N2O5/c1-10(2)9-22-12-6-4-11(5-7-12)15(20)17-16-13(18)8-14(19)21-3/h4-7,10H,8-9H2,1-3H3,(H,16,18)(H,17,20). The van der Waals surface area contributed by atoms with Gasteiger partial charge in [-0.25, -0.2) is 0 Å². The predicted octanol–water partition coefficient (Wildman–Crippen LogP) is 1.05. The van der Waals surface area contributed by atoms with Gasteiger partial charge in [0.05, 0.1) is 13.7 Å². The molecule has 22 heavy (non-hydrogen) atoms. The molecule has 0 spiro atoms. The second-order valence-electron chi connectivity index (χ2n) is 4.98. The van der Waals surface area contributed by atoms with Crippen LogP contribution < -0.4 is 15.6 Å². The smallest absolute Gasteiger partial charge is 0.315 e. The molecule has 0 heterocycles. The molecular weight excluding hydrogens is 288 g/mol. The number of methoxy groups -OCH3 is 1. The van der Waals surface area contributed by atoms with Crippen LogP contribution in [0.4, 0.5) is 0 Å². The molecule has 1 aromatic carbocycles.